The lowest BCUT2D eigenvalue weighted by molar-refractivity contribution is -0.384. The van der Waals surface area contributed by atoms with Gasteiger partial charge in [-0.3, -0.25) is 14.9 Å². The third kappa shape index (κ3) is 4.68. The lowest BCUT2D eigenvalue weighted by Gasteiger charge is -2.16. The molecule has 0 radical (unpaired) electrons. The number of rotatable bonds is 5. The Morgan fingerprint density at radius 2 is 1.87 bits per heavy atom. The van der Waals surface area contributed by atoms with Crippen molar-refractivity contribution in [1.82, 2.24) is 5.32 Å². The quantitative estimate of drug-likeness (QED) is 0.643. The van der Waals surface area contributed by atoms with Crippen LogP contribution in [0.5, 0.6) is 0 Å². The van der Waals surface area contributed by atoms with E-state index in [-0.39, 0.29) is 24.1 Å². The Morgan fingerprint density at radius 3 is 2.43 bits per heavy atom. The minimum absolute atomic E-state index is 0.00419. The van der Waals surface area contributed by atoms with E-state index in [1.165, 1.54) is 12.1 Å². The van der Waals surface area contributed by atoms with Crippen molar-refractivity contribution in [2.45, 2.75) is 19.4 Å². The smallest absolute Gasteiger partial charge is 0.269 e. The molecule has 0 heterocycles. The first kappa shape index (κ1) is 17.2. The van der Waals surface area contributed by atoms with Gasteiger partial charge in [-0.15, -0.1) is 0 Å². The molecule has 0 spiro atoms. The number of amides is 1. The van der Waals surface area contributed by atoms with Crippen molar-refractivity contribution >= 4 is 34.8 Å². The van der Waals surface area contributed by atoms with Crippen LogP contribution in [0.3, 0.4) is 0 Å². The van der Waals surface area contributed by atoms with E-state index < -0.39 is 4.92 Å². The van der Waals surface area contributed by atoms with Crippen LogP contribution >= 0.6 is 23.2 Å². The predicted octanol–water partition coefficient (Wildman–Crippen LogP) is 4.32. The summed E-state index contributed by atoms with van der Waals surface area (Å²) in [6.45, 7) is 1.82. The Bertz CT molecular complexity index is 733. The van der Waals surface area contributed by atoms with Crippen molar-refractivity contribution in [3.05, 3.63) is 73.8 Å². The van der Waals surface area contributed by atoms with E-state index in [4.69, 9.17) is 23.2 Å². The third-order valence-electron chi connectivity index (χ3n) is 3.32. The number of carbonyl (C=O) groups excluding carboxylic acids is 1. The third-order valence-corrected chi connectivity index (χ3v) is 3.88. The summed E-state index contributed by atoms with van der Waals surface area (Å²) in [7, 11) is 0. The van der Waals surface area contributed by atoms with Crippen LogP contribution in [-0.2, 0) is 11.2 Å². The molecule has 120 valence electrons. The summed E-state index contributed by atoms with van der Waals surface area (Å²) in [5, 5.41) is 14.5. The molecule has 2 rings (SSSR count). The standard InChI is InChI=1S/C16H14Cl2N2O3/c1-10(14-7-4-12(17)9-15(14)18)19-16(21)8-11-2-5-13(6-3-11)20(22)23/h2-7,9-10H,8H2,1H3,(H,19,21)/t10-/m0/s1. The number of nitrogens with one attached hydrogen (secondary N) is 1. The number of halogens is 2. The molecule has 2 aromatic carbocycles. The van der Waals surface area contributed by atoms with Crippen molar-refractivity contribution in [3.63, 3.8) is 0 Å². The normalized spacial score (nSPS) is 11.8. The van der Waals surface area contributed by atoms with Gasteiger partial charge < -0.3 is 5.32 Å². The fourth-order valence-electron chi connectivity index (χ4n) is 2.14. The molecular weight excluding hydrogens is 339 g/mol. The summed E-state index contributed by atoms with van der Waals surface area (Å²) in [4.78, 5) is 22.2. The van der Waals surface area contributed by atoms with Gasteiger partial charge in [-0.05, 0) is 30.2 Å². The summed E-state index contributed by atoms with van der Waals surface area (Å²) in [5.41, 5.74) is 1.46. The van der Waals surface area contributed by atoms with Gasteiger partial charge in [-0.1, -0.05) is 41.4 Å². The molecule has 0 aliphatic carbocycles. The molecule has 1 N–H and O–H groups in total. The van der Waals surface area contributed by atoms with Gasteiger partial charge in [0.1, 0.15) is 0 Å². The van der Waals surface area contributed by atoms with Gasteiger partial charge in [-0.25, -0.2) is 0 Å². The molecule has 0 aromatic heterocycles. The number of nitro benzene ring substituents is 1. The first-order valence-corrected chi connectivity index (χ1v) is 7.60. The number of nitro groups is 1. The number of non-ortho nitro benzene ring substituents is 1. The zero-order valence-electron chi connectivity index (χ0n) is 12.3. The van der Waals surface area contributed by atoms with Crippen molar-refractivity contribution in [2.75, 3.05) is 0 Å². The molecule has 0 aliphatic rings. The Kier molecular flexibility index (Phi) is 5.58. The summed E-state index contributed by atoms with van der Waals surface area (Å²) >= 11 is 12.0. The molecule has 0 saturated carbocycles. The molecule has 1 amide bonds. The summed E-state index contributed by atoms with van der Waals surface area (Å²) < 4.78 is 0. The van der Waals surface area contributed by atoms with Crippen molar-refractivity contribution in [3.8, 4) is 0 Å². The van der Waals surface area contributed by atoms with E-state index in [1.807, 2.05) is 6.92 Å². The predicted molar refractivity (Wildman–Crippen MR) is 89.8 cm³/mol. The van der Waals surface area contributed by atoms with Crippen LogP contribution in [0.15, 0.2) is 42.5 Å². The van der Waals surface area contributed by atoms with Crippen LogP contribution in [0.25, 0.3) is 0 Å². The van der Waals surface area contributed by atoms with E-state index in [2.05, 4.69) is 5.32 Å². The lowest BCUT2D eigenvalue weighted by Crippen LogP contribution is -2.28. The van der Waals surface area contributed by atoms with Gasteiger partial charge in [0.25, 0.3) is 5.69 Å². The topological polar surface area (TPSA) is 72.2 Å². The molecule has 0 aliphatic heterocycles. The second-order valence-corrected chi connectivity index (χ2v) is 5.90. The Morgan fingerprint density at radius 1 is 1.22 bits per heavy atom. The maximum Gasteiger partial charge on any atom is 0.269 e. The molecule has 1 atom stereocenters. The SMILES string of the molecule is C[C@H](NC(=O)Cc1ccc([N+](=O)[O-])cc1)c1ccc(Cl)cc1Cl. The first-order chi connectivity index (χ1) is 10.9. The van der Waals surface area contributed by atoms with E-state index >= 15 is 0 Å². The zero-order valence-corrected chi connectivity index (χ0v) is 13.8. The molecule has 0 bridgehead atoms. The molecule has 23 heavy (non-hydrogen) atoms. The average Bonchev–Trinajstić information content (AvgIpc) is 2.47. The lowest BCUT2D eigenvalue weighted by atomic mass is 10.1. The monoisotopic (exact) mass is 352 g/mol. The highest BCUT2D eigenvalue weighted by Crippen LogP contribution is 2.26. The van der Waals surface area contributed by atoms with Crippen LogP contribution in [-0.4, -0.2) is 10.8 Å². The molecular formula is C16H14Cl2N2O3. The van der Waals surface area contributed by atoms with Gasteiger partial charge in [0.15, 0.2) is 0 Å². The zero-order chi connectivity index (χ0) is 17.0. The highest BCUT2D eigenvalue weighted by Gasteiger charge is 2.14. The number of hydrogen-bond donors (Lipinski definition) is 1. The fraction of sp³-hybridized carbons (Fsp3) is 0.188. The van der Waals surface area contributed by atoms with Crippen LogP contribution < -0.4 is 5.32 Å². The maximum atomic E-state index is 12.1. The fourth-order valence-corrected chi connectivity index (χ4v) is 2.72. The summed E-state index contributed by atoms with van der Waals surface area (Å²) in [5.74, 6) is -0.197. The molecule has 2 aromatic rings. The van der Waals surface area contributed by atoms with Crippen molar-refractivity contribution in [2.24, 2.45) is 0 Å². The molecule has 7 heteroatoms. The minimum Gasteiger partial charge on any atom is -0.349 e. The van der Waals surface area contributed by atoms with Gasteiger partial charge >= 0.3 is 0 Å². The summed E-state index contributed by atoms with van der Waals surface area (Å²) in [6, 6.07) is 10.7. The number of benzene rings is 2. The van der Waals surface area contributed by atoms with Crippen LogP contribution in [0.4, 0.5) is 5.69 Å². The Balaban J connectivity index is 1.99. The Labute approximate surface area is 143 Å². The van der Waals surface area contributed by atoms with Gasteiger partial charge in [-0.2, -0.15) is 0 Å². The Hall–Kier alpha value is -2.11. The maximum absolute atomic E-state index is 12.1. The van der Waals surface area contributed by atoms with Crippen LogP contribution in [0.2, 0.25) is 10.0 Å². The second-order valence-electron chi connectivity index (χ2n) is 5.06. The van der Waals surface area contributed by atoms with Crippen LogP contribution in [0.1, 0.15) is 24.1 Å². The van der Waals surface area contributed by atoms with Gasteiger partial charge in [0, 0.05) is 22.2 Å². The number of nitrogens with zero attached hydrogens (tertiary/aromatic N) is 1. The largest absolute Gasteiger partial charge is 0.349 e. The van der Waals surface area contributed by atoms with Gasteiger partial charge in [0.05, 0.1) is 17.4 Å². The highest BCUT2D eigenvalue weighted by atomic mass is 35.5. The summed E-state index contributed by atoms with van der Waals surface area (Å²) in [6.07, 6.45) is 0.132. The first-order valence-electron chi connectivity index (χ1n) is 6.84. The van der Waals surface area contributed by atoms with Gasteiger partial charge in [0.2, 0.25) is 5.91 Å². The van der Waals surface area contributed by atoms with E-state index in [9.17, 15) is 14.9 Å². The van der Waals surface area contributed by atoms with Crippen molar-refractivity contribution < 1.29 is 9.72 Å². The van der Waals surface area contributed by atoms with E-state index in [0.29, 0.717) is 15.6 Å². The number of carbonyl (C=O) groups is 1. The second kappa shape index (κ2) is 7.44. The molecule has 0 saturated heterocycles. The molecule has 0 fully saturated rings. The molecule has 0 unspecified atom stereocenters. The van der Waals surface area contributed by atoms with Crippen molar-refractivity contribution in [1.29, 1.82) is 0 Å². The minimum atomic E-state index is -0.478. The highest BCUT2D eigenvalue weighted by molar-refractivity contribution is 6.35. The molecule has 5 nitrogen and oxygen atoms in total. The van der Waals surface area contributed by atoms with E-state index in [1.54, 1.807) is 30.3 Å². The van der Waals surface area contributed by atoms with Crippen LogP contribution in [0, 0.1) is 10.1 Å². The number of hydrogen-bond acceptors (Lipinski definition) is 3. The average molecular weight is 353 g/mol. The van der Waals surface area contributed by atoms with E-state index in [0.717, 1.165) is 5.56 Å².